The van der Waals surface area contributed by atoms with Crippen LogP contribution in [-0.2, 0) is 14.3 Å². The van der Waals surface area contributed by atoms with Crippen LogP contribution in [0.4, 0.5) is 5.69 Å². The Bertz CT molecular complexity index is 1370. The third-order valence-corrected chi connectivity index (χ3v) is 6.72. The van der Waals surface area contributed by atoms with Crippen molar-refractivity contribution >= 4 is 28.8 Å². The number of Topliss-reactive ketones (excluding diaryl/α,β-unsaturated/α-hetero) is 1. The van der Waals surface area contributed by atoms with Gasteiger partial charge in [0.25, 0.3) is 23.0 Å². The predicted molar refractivity (Wildman–Crippen MR) is 128 cm³/mol. The molecule has 0 radical (unpaired) electrons. The standard InChI is InChI=1S/C25H25N5O6/c1-16-21(28-9-3-2-4-19(28)26-16)23(31)20-22(17-5-7-18(8-6-17)30(34)35)29(25(33)24(20)32)11-10-27-12-14-36-15-13-27/h2-9,22H,10-15H2,1H3,(H,31,32)/p+1. The number of nitro groups is 1. The number of carbonyl (C=O) groups excluding carboxylic acids is 2. The number of ether oxygens (including phenoxy) is 1. The molecule has 1 unspecified atom stereocenters. The van der Waals surface area contributed by atoms with E-state index >= 15 is 0 Å². The van der Waals surface area contributed by atoms with Crippen LogP contribution in [0.3, 0.4) is 0 Å². The third-order valence-electron chi connectivity index (χ3n) is 6.72. The number of non-ortho nitro benzene ring substituents is 1. The minimum absolute atomic E-state index is 0.0452. The topological polar surface area (TPSA) is 133 Å². The van der Waals surface area contributed by atoms with Gasteiger partial charge in [-0.25, -0.2) is 4.98 Å². The Morgan fingerprint density at radius 2 is 1.89 bits per heavy atom. The number of carbonyl (C=O) groups is 2. The number of aromatic nitrogens is 2. The maximum atomic E-state index is 13.3. The van der Waals surface area contributed by atoms with Crippen molar-refractivity contribution in [1.82, 2.24) is 14.8 Å². The molecule has 5 rings (SSSR count). The molecule has 0 bridgehead atoms. The summed E-state index contributed by atoms with van der Waals surface area (Å²) in [5, 5.41) is 22.7. The summed E-state index contributed by atoms with van der Waals surface area (Å²) in [6.45, 7) is 5.19. The molecule has 0 aliphatic carbocycles. The maximum absolute atomic E-state index is 13.3. The van der Waals surface area contributed by atoms with Gasteiger partial charge in [-0.1, -0.05) is 6.07 Å². The average Bonchev–Trinajstić information content (AvgIpc) is 3.35. The summed E-state index contributed by atoms with van der Waals surface area (Å²) < 4.78 is 7.11. The van der Waals surface area contributed by atoms with E-state index in [-0.39, 0.29) is 23.6 Å². The second-order valence-corrected chi connectivity index (χ2v) is 8.85. The van der Waals surface area contributed by atoms with E-state index in [1.807, 2.05) is 12.1 Å². The number of rotatable bonds is 6. The van der Waals surface area contributed by atoms with E-state index in [4.69, 9.17) is 4.74 Å². The molecule has 0 saturated carbocycles. The van der Waals surface area contributed by atoms with Crippen LogP contribution in [0.1, 0.15) is 23.0 Å². The zero-order chi connectivity index (χ0) is 25.4. The van der Waals surface area contributed by atoms with Gasteiger partial charge >= 0.3 is 0 Å². The van der Waals surface area contributed by atoms with E-state index in [9.17, 15) is 24.8 Å². The van der Waals surface area contributed by atoms with Crippen LogP contribution in [0, 0.1) is 17.0 Å². The summed E-state index contributed by atoms with van der Waals surface area (Å²) in [4.78, 5) is 44.0. The highest BCUT2D eigenvalue weighted by atomic mass is 16.6. The Kier molecular flexibility index (Phi) is 6.25. The number of hydrogen-bond donors (Lipinski definition) is 2. The van der Waals surface area contributed by atoms with Crippen LogP contribution in [0.2, 0.25) is 0 Å². The highest BCUT2D eigenvalue weighted by Gasteiger charge is 2.47. The lowest BCUT2D eigenvalue weighted by molar-refractivity contribution is -0.514. The van der Waals surface area contributed by atoms with Gasteiger partial charge in [-0.3, -0.25) is 24.6 Å². The van der Waals surface area contributed by atoms with Crippen molar-refractivity contribution in [3.63, 3.8) is 0 Å². The number of morpholine rings is 1. The van der Waals surface area contributed by atoms with Crippen molar-refractivity contribution < 1.29 is 28.8 Å². The number of aryl methyl sites for hydroxylation is 1. The van der Waals surface area contributed by atoms with E-state index in [1.165, 1.54) is 29.2 Å². The molecule has 36 heavy (non-hydrogen) atoms. The number of imidazole rings is 1. The van der Waals surface area contributed by atoms with E-state index in [0.29, 0.717) is 42.4 Å². The summed E-state index contributed by atoms with van der Waals surface area (Å²) in [5.41, 5.74) is 2.07. The lowest BCUT2D eigenvalue weighted by Gasteiger charge is -2.30. The summed E-state index contributed by atoms with van der Waals surface area (Å²) >= 11 is 0. The van der Waals surface area contributed by atoms with Crippen molar-refractivity contribution in [2.75, 3.05) is 39.4 Å². The number of likely N-dealkylation sites (tertiary alicyclic amines) is 1. The van der Waals surface area contributed by atoms with E-state index < -0.39 is 22.7 Å². The number of nitrogens with zero attached hydrogens (tertiary/aromatic N) is 4. The number of aliphatic hydroxyl groups excluding tert-OH is 1. The van der Waals surface area contributed by atoms with Gasteiger partial charge in [-0.15, -0.1) is 0 Å². The number of hydrogen-bond acceptors (Lipinski definition) is 7. The fourth-order valence-electron chi connectivity index (χ4n) is 4.90. The van der Waals surface area contributed by atoms with Gasteiger partial charge in [0.15, 0.2) is 5.76 Å². The first-order valence-corrected chi connectivity index (χ1v) is 11.7. The lowest BCUT2D eigenvalue weighted by Crippen LogP contribution is -2.42. The maximum Gasteiger partial charge on any atom is 0.295 e. The van der Waals surface area contributed by atoms with Crippen molar-refractivity contribution in [1.29, 1.82) is 0 Å². The number of ketones is 1. The number of H-pyrrole nitrogens is 1. The van der Waals surface area contributed by atoms with Crippen LogP contribution < -0.4 is 4.40 Å². The largest absolute Gasteiger partial charge is 0.503 e. The van der Waals surface area contributed by atoms with Gasteiger partial charge < -0.3 is 14.7 Å². The Morgan fingerprint density at radius 3 is 2.58 bits per heavy atom. The second-order valence-electron chi connectivity index (χ2n) is 8.85. The molecule has 2 aliphatic heterocycles. The van der Waals surface area contributed by atoms with Gasteiger partial charge in [-0.05, 0) is 23.8 Å². The Labute approximate surface area is 206 Å². The molecule has 1 aromatic carbocycles. The molecule has 2 N–H and O–H groups in total. The number of aliphatic hydroxyl groups is 1. The Morgan fingerprint density at radius 1 is 1.17 bits per heavy atom. The molecule has 1 amide bonds. The fraction of sp³-hybridized carbons (Fsp3) is 0.320. The zero-order valence-corrected chi connectivity index (χ0v) is 19.7. The first kappa shape index (κ1) is 23.6. The number of aromatic amines is 1. The summed E-state index contributed by atoms with van der Waals surface area (Å²) in [6.07, 6.45) is 1.75. The molecule has 2 aliphatic rings. The molecule has 186 valence electrons. The number of benzene rings is 1. The molecule has 0 spiro atoms. The van der Waals surface area contributed by atoms with Gasteiger partial charge in [0, 0.05) is 51.3 Å². The van der Waals surface area contributed by atoms with Crippen molar-refractivity contribution in [2.24, 2.45) is 0 Å². The first-order chi connectivity index (χ1) is 17.4. The van der Waals surface area contributed by atoms with Crippen LogP contribution >= 0.6 is 0 Å². The van der Waals surface area contributed by atoms with Gasteiger partial charge in [0.2, 0.25) is 5.69 Å². The minimum atomic E-state index is -0.888. The normalized spacial score (nSPS) is 20.4. The van der Waals surface area contributed by atoms with E-state index in [0.717, 1.165) is 13.1 Å². The number of amides is 1. The number of fused-ring (bicyclic) bond motifs is 1. The highest BCUT2D eigenvalue weighted by molar-refractivity contribution is 6.46. The smallest absolute Gasteiger partial charge is 0.295 e. The second kappa shape index (κ2) is 9.51. The molecular weight excluding hydrogens is 466 g/mol. The Balaban J connectivity index is 1.61. The molecule has 1 atom stereocenters. The lowest BCUT2D eigenvalue weighted by atomic mass is 9.96. The average molecular weight is 493 g/mol. The van der Waals surface area contributed by atoms with Crippen molar-refractivity contribution in [3.8, 4) is 0 Å². The molecule has 11 nitrogen and oxygen atoms in total. The molecule has 11 heteroatoms. The van der Waals surface area contributed by atoms with Gasteiger partial charge in [0.05, 0.1) is 35.9 Å². The highest BCUT2D eigenvalue weighted by Crippen LogP contribution is 2.39. The van der Waals surface area contributed by atoms with Crippen LogP contribution in [-0.4, -0.2) is 75.9 Å². The minimum Gasteiger partial charge on any atom is -0.503 e. The number of nitro benzene ring substituents is 1. The zero-order valence-electron chi connectivity index (χ0n) is 19.7. The van der Waals surface area contributed by atoms with Crippen LogP contribution in [0.5, 0.6) is 0 Å². The molecule has 2 saturated heterocycles. The molecule has 3 aromatic rings. The number of pyridine rings is 1. The van der Waals surface area contributed by atoms with Gasteiger partial charge in [0.1, 0.15) is 5.69 Å². The Hall–Kier alpha value is -4.09. The van der Waals surface area contributed by atoms with E-state index in [2.05, 4.69) is 9.88 Å². The first-order valence-electron chi connectivity index (χ1n) is 11.7. The molecule has 2 aromatic heterocycles. The quantitative estimate of drug-likeness (QED) is 0.134. The summed E-state index contributed by atoms with van der Waals surface area (Å²) in [7, 11) is 0. The monoisotopic (exact) mass is 492 g/mol. The molecular formula is C25H26N5O6+. The summed E-state index contributed by atoms with van der Waals surface area (Å²) in [6, 6.07) is 10.3. The predicted octanol–water partition coefficient (Wildman–Crippen LogP) is 1.72. The van der Waals surface area contributed by atoms with Crippen molar-refractivity contribution in [2.45, 2.75) is 13.0 Å². The number of nitrogens with one attached hydrogen (secondary N) is 1. The SMILES string of the molecule is Cc1[nH]c2cccc[n+]2c1C(O)=C1C(=O)C(=O)N(CCN2CCOCC2)C1c1ccc([N+](=O)[O-])cc1. The molecule has 2 fully saturated rings. The fourth-order valence-corrected chi connectivity index (χ4v) is 4.90. The third kappa shape index (κ3) is 4.12. The molecule has 4 heterocycles. The van der Waals surface area contributed by atoms with Gasteiger partial charge in [-0.2, -0.15) is 4.40 Å². The van der Waals surface area contributed by atoms with Crippen LogP contribution in [0.15, 0.2) is 54.2 Å². The summed E-state index contributed by atoms with van der Waals surface area (Å²) in [5.74, 6) is -1.80. The van der Waals surface area contributed by atoms with E-state index in [1.54, 1.807) is 23.6 Å². The van der Waals surface area contributed by atoms with Crippen LogP contribution in [0.25, 0.3) is 11.4 Å². The van der Waals surface area contributed by atoms with Crippen molar-refractivity contribution in [3.05, 3.63) is 81.3 Å².